The topological polar surface area (TPSA) is 106 Å². The lowest BCUT2D eigenvalue weighted by Crippen LogP contribution is -2.11. The van der Waals surface area contributed by atoms with Crippen LogP contribution < -0.4 is 5.73 Å². The van der Waals surface area contributed by atoms with Gasteiger partial charge in [0.25, 0.3) is 11.6 Å². The molecule has 6 nitrogen and oxygen atoms in total. The number of benzene rings is 1. The molecule has 0 aliphatic heterocycles. The summed E-state index contributed by atoms with van der Waals surface area (Å²) in [6.07, 6.45) is 0. The first kappa shape index (κ1) is 10.3. The van der Waals surface area contributed by atoms with E-state index in [0.29, 0.717) is 0 Å². The molecule has 0 bridgehead atoms. The van der Waals surface area contributed by atoms with E-state index < -0.39 is 22.3 Å². The van der Waals surface area contributed by atoms with Crippen LogP contribution in [0.4, 0.5) is 5.69 Å². The molecule has 14 heavy (non-hydrogen) atoms. The Balaban J connectivity index is 3.43. The Morgan fingerprint density at radius 2 is 2.14 bits per heavy atom. The van der Waals surface area contributed by atoms with Gasteiger partial charge in [0.2, 0.25) is 0 Å². The van der Waals surface area contributed by atoms with Crippen LogP contribution in [0, 0.1) is 10.1 Å². The van der Waals surface area contributed by atoms with Crippen LogP contribution >= 0.6 is 11.6 Å². The van der Waals surface area contributed by atoms with Crippen LogP contribution in [0.3, 0.4) is 0 Å². The fraction of sp³-hybridized carbons (Fsp3) is 0. The molecule has 0 spiro atoms. The van der Waals surface area contributed by atoms with E-state index in [1.165, 1.54) is 0 Å². The normalized spacial score (nSPS) is 9.79. The summed E-state index contributed by atoms with van der Waals surface area (Å²) in [5.74, 6) is -1.53. The van der Waals surface area contributed by atoms with Gasteiger partial charge in [-0.25, -0.2) is 0 Å². The van der Waals surface area contributed by atoms with Gasteiger partial charge in [0.05, 0.1) is 15.5 Å². The Hall–Kier alpha value is -1.82. The number of hydrogen-bond acceptors (Lipinski definition) is 4. The SMILES string of the molecule is NC(=O)c1cc([N+](=O)[O-])cc(Cl)c1O. The van der Waals surface area contributed by atoms with E-state index in [4.69, 9.17) is 17.3 Å². The largest absolute Gasteiger partial charge is 0.506 e. The summed E-state index contributed by atoms with van der Waals surface area (Å²) in [6.45, 7) is 0. The van der Waals surface area contributed by atoms with Crippen molar-refractivity contribution in [3.8, 4) is 5.75 Å². The molecule has 7 heteroatoms. The van der Waals surface area contributed by atoms with Gasteiger partial charge in [0.1, 0.15) is 5.75 Å². The minimum absolute atomic E-state index is 0.284. The van der Waals surface area contributed by atoms with Gasteiger partial charge in [-0.3, -0.25) is 14.9 Å². The third kappa shape index (κ3) is 1.74. The zero-order chi connectivity index (χ0) is 10.9. The van der Waals surface area contributed by atoms with Crippen LogP contribution in [-0.2, 0) is 0 Å². The van der Waals surface area contributed by atoms with Crippen molar-refractivity contribution in [3.63, 3.8) is 0 Å². The molecule has 0 aliphatic carbocycles. The second-order valence-corrected chi connectivity index (χ2v) is 2.85. The number of carbonyl (C=O) groups is 1. The van der Waals surface area contributed by atoms with Crippen molar-refractivity contribution >= 4 is 23.2 Å². The predicted molar refractivity (Wildman–Crippen MR) is 48.3 cm³/mol. The first-order valence-corrected chi connectivity index (χ1v) is 3.78. The highest BCUT2D eigenvalue weighted by molar-refractivity contribution is 6.32. The molecule has 1 aromatic carbocycles. The molecule has 3 N–H and O–H groups in total. The maximum Gasteiger partial charge on any atom is 0.271 e. The number of nitro benzene ring substituents is 1. The van der Waals surface area contributed by atoms with E-state index in [-0.39, 0.29) is 10.6 Å². The fourth-order valence-electron chi connectivity index (χ4n) is 0.878. The monoisotopic (exact) mass is 216 g/mol. The molecule has 0 aromatic heterocycles. The highest BCUT2D eigenvalue weighted by Crippen LogP contribution is 2.31. The predicted octanol–water partition coefficient (Wildman–Crippen LogP) is 1.05. The van der Waals surface area contributed by atoms with Crippen LogP contribution in [-0.4, -0.2) is 15.9 Å². The number of carbonyl (C=O) groups excluding carboxylic acids is 1. The number of hydrogen-bond donors (Lipinski definition) is 2. The molecule has 0 radical (unpaired) electrons. The third-order valence-corrected chi connectivity index (χ3v) is 1.81. The van der Waals surface area contributed by atoms with Gasteiger partial charge in [-0.05, 0) is 0 Å². The zero-order valence-electron chi connectivity index (χ0n) is 6.73. The number of non-ortho nitro benzene ring substituents is 1. The van der Waals surface area contributed by atoms with Crippen molar-refractivity contribution in [1.29, 1.82) is 0 Å². The summed E-state index contributed by atoms with van der Waals surface area (Å²) in [4.78, 5) is 20.3. The van der Waals surface area contributed by atoms with E-state index in [1.54, 1.807) is 0 Å². The molecule has 74 valence electrons. The number of aromatic hydroxyl groups is 1. The molecule has 0 fully saturated rings. The van der Waals surface area contributed by atoms with Gasteiger partial charge in [0, 0.05) is 12.1 Å². The van der Waals surface area contributed by atoms with Crippen molar-refractivity contribution in [2.75, 3.05) is 0 Å². The first-order valence-electron chi connectivity index (χ1n) is 3.40. The molecular formula is C7H5ClN2O4. The quantitative estimate of drug-likeness (QED) is 0.569. The van der Waals surface area contributed by atoms with Gasteiger partial charge >= 0.3 is 0 Å². The Morgan fingerprint density at radius 3 is 2.57 bits per heavy atom. The first-order chi connectivity index (χ1) is 6.43. The lowest BCUT2D eigenvalue weighted by atomic mass is 10.1. The van der Waals surface area contributed by atoms with Gasteiger partial charge in [-0.15, -0.1) is 0 Å². The number of phenols is 1. The number of primary amides is 1. The number of halogens is 1. The summed E-state index contributed by atoms with van der Waals surface area (Å²) in [6, 6.07) is 1.80. The van der Waals surface area contributed by atoms with E-state index in [2.05, 4.69) is 0 Å². The highest BCUT2D eigenvalue weighted by atomic mass is 35.5. The van der Waals surface area contributed by atoms with Crippen LogP contribution in [0.1, 0.15) is 10.4 Å². The van der Waals surface area contributed by atoms with Crippen molar-refractivity contribution in [2.45, 2.75) is 0 Å². The Kier molecular flexibility index (Phi) is 2.57. The summed E-state index contributed by atoms with van der Waals surface area (Å²) in [5, 5.41) is 19.3. The molecule has 0 aliphatic rings. The lowest BCUT2D eigenvalue weighted by Gasteiger charge is -2.01. The average Bonchev–Trinajstić information content (AvgIpc) is 2.08. The van der Waals surface area contributed by atoms with Gasteiger partial charge in [0.15, 0.2) is 0 Å². The molecule has 1 amide bonds. The fourth-order valence-corrected chi connectivity index (χ4v) is 1.09. The summed E-state index contributed by atoms with van der Waals surface area (Å²) in [5.41, 5.74) is 4.10. The molecule has 1 rings (SSSR count). The van der Waals surface area contributed by atoms with Gasteiger partial charge < -0.3 is 10.8 Å². The second kappa shape index (κ2) is 3.51. The molecule has 0 saturated carbocycles. The maximum absolute atomic E-state index is 10.7. The van der Waals surface area contributed by atoms with Crippen molar-refractivity contribution in [2.24, 2.45) is 5.73 Å². The second-order valence-electron chi connectivity index (χ2n) is 2.45. The Labute approximate surface area is 83.0 Å². The zero-order valence-corrected chi connectivity index (χ0v) is 7.49. The number of amides is 1. The maximum atomic E-state index is 10.7. The molecular weight excluding hydrogens is 212 g/mol. The minimum Gasteiger partial charge on any atom is -0.506 e. The molecule has 0 unspecified atom stereocenters. The molecule has 0 heterocycles. The summed E-state index contributed by atoms with van der Waals surface area (Å²) < 4.78 is 0. The van der Waals surface area contributed by atoms with E-state index in [9.17, 15) is 20.0 Å². The lowest BCUT2D eigenvalue weighted by molar-refractivity contribution is -0.384. The number of nitro groups is 1. The number of nitrogens with two attached hydrogens (primary N) is 1. The molecule has 0 saturated heterocycles. The van der Waals surface area contributed by atoms with E-state index in [1.807, 2.05) is 0 Å². The van der Waals surface area contributed by atoms with Gasteiger partial charge in [-0.2, -0.15) is 0 Å². The molecule has 0 atom stereocenters. The minimum atomic E-state index is -0.979. The summed E-state index contributed by atoms with van der Waals surface area (Å²) in [7, 11) is 0. The standard InChI is InChI=1S/C7H5ClN2O4/c8-5-2-3(10(13)14)1-4(6(5)11)7(9)12/h1-2,11H,(H2,9,12). The van der Waals surface area contributed by atoms with Crippen LogP contribution in [0.2, 0.25) is 5.02 Å². The van der Waals surface area contributed by atoms with Gasteiger partial charge in [-0.1, -0.05) is 11.6 Å². The van der Waals surface area contributed by atoms with Crippen molar-refractivity contribution in [1.82, 2.24) is 0 Å². The highest BCUT2D eigenvalue weighted by Gasteiger charge is 2.17. The third-order valence-electron chi connectivity index (χ3n) is 1.52. The van der Waals surface area contributed by atoms with E-state index in [0.717, 1.165) is 12.1 Å². The molecule has 1 aromatic rings. The Morgan fingerprint density at radius 1 is 1.57 bits per heavy atom. The van der Waals surface area contributed by atoms with E-state index >= 15 is 0 Å². The van der Waals surface area contributed by atoms with Crippen molar-refractivity contribution in [3.05, 3.63) is 32.8 Å². The number of rotatable bonds is 2. The van der Waals surface area contributed by atoms with Crippen LogP contribution in [0.25, 0.3) is 0 Å². The smallest absolute Gasteiger partial charge is 0.271 e. The van der Waals surface area contributed by atoms with Crippen LogP contribution in [0.15, 0.2) is 12.1 Å². The van der Waals surface area contributed by atoms with Crippen molar-refractivity contribution < 1.29 is 14.8 Å². The average molecular weight is 217 g/mol. The van der Waals surface area contributed by atoms with Crippen LogP contribution in [0.5, 0.6) is 5.75 Å². The summed E-state index contributed by atoms with van der Waals surface area (Å²) >= 11 is 5.44. The number of nitrogens with zero attached hydrogens (tertiary/aromatic N) is 1. The Bertz CT molecular complexity index is 418.